The number of nitrogens with zero attached hydrogens (tertiary/aromatic N) is 4. The minimum absolute atomic E-state index is 0.243. The minimum atomic E-state index is 0.243. The molecule has 3 N–H and O–H groups in total. The summed E-state index contributed by atoms with van der Waals surface area (Å²) in [7, 11) is 1.91. The van der Waals surface area contributed by atoms with Crippen LogP contribution in [0.15, 0.2) is 18.7 Å². The Bertz CT molecular complexity index is 526. The van der Waals surface area contributed by atoms with E-state index in [4.69, 9.17) is 5.73 Å². The maximum absolute atomic E-state index is 6.16. The monoisotopic (exact) mass is 262 g/mol. The first-order valence-corrected chi connectivity index (χ1v) is 6.53. The number of hydrogen-bond acceptors (Lipinski definition) is 4. The molecule has 1 atom stereocenters. The molecular weight excluding hydrogens is 240 g/mol. The third-order valence-corrected chi connectivity index (χ3v) is 3.09. The van der Waals surface area contributed by atoms with Crippen LogP contribution in [0.5, 0.6) is 0 Å². The summed E-state index contributed by atoms with van der Waals surface area (Å²) in [5, 5.41) is 7.89. The van der Waals surface area contributed by atoms with Gasteiger partial charge in [-0.15, -0.1) is 0 Å². The van der Waals surface area contributed by atoms with Gasteiger partial charge in [-0.2, -0.15) is 5.10 Å². The van der Waals surface area contributed by atoms with E-state index >= 15 is 0 Å². The van der Waals surface area contributed by atoms with Crippen LogP contribution in [0.1, 0.15) is 32.4 Å². The summed E-state index contributed by atoms with van der Waals surface area (Å²) in [6, 6.07) is 0.243. The van der Waals surface area contributed by atoms with Gasteiger partial charge in [0, 0.05) is 32.0 Å². The van der Waals surface area contributed by atoms with Crippen LogP contribution in [0.4, 0.5) is 11.5 Å². The molecule has 6 nitrogen and oxygen atoms in total. The Labute approximate surface area is 113 Å². The second kappa shape index (κ2) is 5.34. The fourth-order valence-electron chi connectivity index (χ4n) is 2.15. The molecule has 6 heteroatoms. The Kier molecular flexibility index (Phi) is 3.78. The van der Waals surface area contributed by atoms with Crippen molar-refractivity contribution in [1.82, 2.24) is 19.3 Å². The number of anilines is 2. The molecule has 0 saturated heterocycles. The van der Waals surface area contributed by atoms with E-state index in [1.165, 1.54) is 0 Å². The van der Waals surface area contributed by atoms with Gasteiger partial charge in [0.15, 0.2) is 0 Å². The van der Waals surface area contributed by atoms with Crippen LogP contribution in [0.3, 0.4) is 0 Å². The fourth-order valence-corrected chi connectivity index (χ4v) is 2.15. The molecule has 0 spiro atoms. The zero-order valence-electron chi connectivity index (χ0n) is 12.0. The first-order chi connectivity index (χ1) is 8.99. The van der Waals surface area contributed by atoms with Gasteiger partial charge < -0.3 is 15.6 Å². The van der Waals surface area contributed by atoms with Crippen LogP contribution in [0, 0.1) is 0 Å². The molecule has 2 aromatic rings. The zero-order chi connectivity index (χ0) is 14.0. The van der Waals surface area contributed by atoms with Gasteiger partial charge in [-0.05, 0) is 12.8 Å². The Morgan fingerprint density at radius 3 is 2.63 bits per heavy atom. The van der Waals surface area contributed by atoms with Crippen molar-refractivity contribution < 1.29 is 0 Å². The summed E-state index contributed by atoms with van der Waals surface area (Å²) < 4.78 is 3.85. The predicted octanol–water partition coefficient (Wildman–Crippen LogP) is 1.82. The zero-order valence-corrected chi connectivity index (χ0v) is 12.0. The van der Waals surface area contributed by atoms with Crippen LogP contribution in [-0.4, -0.2) is 25.4 Å². The highest BCUT2D eigenvalue weighted by molar-refractivity contribution is 5.66. The Balaban J connectivity index is 2.10. The smallest absolute Gasteiger partial charge is 0.148 e. The van der Waals surface area contributed by atoms with Crippen LogP contribution >= 0.6 is 0 Å². The molecule has 2 aromatic heterocycles. The van der Waals surface area contributed by atoms with Crippen molar-refractivity contribution in [3.05, 3.63) is 24.4 Å². The summed E-state index contributed by atoms with van der Waals surface area (Å²) in [6.45, 7) is 7.14. The van der Waals surface area contributed by atoms with E-state index in [9.17, 15) is 0 Å². The van der Waals surface area contributed by atoms with E-state index < -0.39 is 0 Å². The van der Waals surface area contributed by atoms with Crippen molar-refractivity contribution >= 4 is 11.5 Å². The Hall–Kier alpha value is -1.98. The first kappa shape index (κ1) is 13.5. The first-order valence-electron chi connectivity index (χ1n) is 6.53. The molecule has 2 heterocycles. The van der Waals surface area contributed by atoms with Gasteiger partial charge in [0.1, 0.15) is 5.82 Å². The van der Waals surface area contributed by atoms with E-state index in [-0.39, 0.29) is 6.04 Å². The lowest BCUT2D eigenvalue weighted by molar-refractivity contribution is 0.609. The molecule has 0 aliphatic carbocycles. The Morgan fingerprint density at radius 2 is 2.11 bits per heavy atom. The molecule has 104 valence electrons. The van der Waals surface area contributed by atoms with Crippen molar-refractivity contribution in [1.29, 1.82) is 0 Å². The number of nitrogen functional groups attached to an aromatic ring is 1. The van der Waals surface area contributed by atoms with Gasteiger partial charge in [0.05, 0.1) is 17.7 Å². The van der Waals surface area contributed by atoms with Gasteiger partial charge in [-0.3, -0.25) is 4.68 Å². The van der Waals surface area contributed by atoms with E-state index in [1.54, 1.807) is 6.20 Å². The van der Waals surface area contributed by atoms with Crippen molar-refractivity contribution in [3.8, 4) is 0 Å². The van der Waals surface area contributed by atoms with Gasteiger partial charge in [-0.25, -0.2) is 4.98 Å². The SMILES string of the molecule is CC(Cn1ccnc1)Nc1c(N)c(C(C)C)nn1C. The summed E-state index contributed by atoms with van der Waals surface area (Å²) in [6.07, 6.45) is 5.54. The van der Waals surface area contributed by atoms with Crippen molar-refractivity contribution in [2.75, 3.05) is 11.1 Å². The minimum Gasteiger partial charge on any atom is -0.394 e. The molecule has 1 unspecified atom stereocenters. The predicted molar refractivity (Wildman–Crippen MR) is 77.0 cm³/mol. The molecule has 0 aromatic carbocycles. The highest BCUT2D eigenvalue weighted by Crippen LogP contribution is 2.28. The highest BCUT2D eigenvalue weighted by atomic mass is 15.3. The lowest BCUT2D eigenvalue weighted by Crippen LogP contribution is -2.23. The number of nitrogens with two attached hydrogens (primary N) is 1. The second-order valence-corrected chi connectivity index (χ2v) is 5.23. The van der Waals surface area contributed by atoms with E-state index in [1.807, 2.05) is 28.8 Å². The summed E-state index contributed by atoms with van der Waals surface area (Å²) in [5.74, 6) is 1.21. The number of aryl methyl sites for hydroxylation is 1. The van der Waals surface area contributed by atoms with Gasteiger partial charge >= 0.3 is 0 Å². The normalized spacial score (nSPS) is 12.9. The third-order valence-electron chi connectivity index (χ3n) is 3.09. The third kappa shape index (κ3) is 2.89. The van der Waals surface area contributed by atoms with Gasteiger partial charge in [0.25, 0.3) is 0 Å². The van der Waals surface area contributed by atoms with Crippen molar-refractivity contribution in [2.45, 2.75) is 39.3 Å². The van der Waals surface area contributed by atoms with Crippen LogP contribution in [0.25, 0.3) is 0 Å². The van der Waals surface area contributed by atoms with Crippen LogP contribution in [-0.2, 0) is 13.6 Å². The maximum atomic E-state index is 6.16. The van der Waals surface area contributed by atoms with Gasteiger partial charge in [0.2, 0.25) is 0 Å². The van der Waals surface area contributed by atoms with E-state index in [2.05, 4.69) is 36.2 Å². The number of nitrogens with one attached hydrogen (secondary N) is 1. The standard InChI is InChI=1S/C13H22N6/c1-9(2)12-11(14)13(18(4)17-12)16-10(3)7-19-6-5-15-8-19/h5-6,8-10,16H,7,14H2,1-4H3. The molecule has 19 heavy (non-hydrogen) atoms. The average molecular weight is 262 g/mol. The largest absolute Gasteiger partial charge is 0.394 e. The number of rotatable bonds is 5. The molecule has 0 bridgehead atoms. The Morgan fingerprint density at radius 1 is 1.37 bits per heavy atom. The molecule has 0 amide bonds. The molecular formula is C13H22N6. The van der Waals surface area contributed by atoms with Gasteiger partial charge in [-0.1, -0.05) is 13.8 Å². The summed E-state index contributed by atoms with van der Waals surface area (Å²) >= 11 is 0. The second-order valence-electron chi connectivity index (χ2n) is 5.23. The fraction of sp³-hybridized carbons (Fsp3) is 0.538. The topological polar surface area (TPSA) is 73.7 Å². The molecule has 0 aliphatic heterocycles. The lowest BCUT2D eigenvalue weighted by Gasteiger charge is -2.16. The average Bonchev–Trinajstić information content (AvgIpc) is 2.92. The highest BCUT2D eigenvalue weighted by Gasteiger charge is 2.17. The molecule has 0 radical (unpaired) electrons. The van der Waals surface area contributed by atoms with Crippen LogP contribution < -0.4 is 11.1 Å². The van der Waals surface area contributed by atoms with E-state index in [0.29, 0.717) is 5.92 Å². The van der Waals surface area contributed by atoms with Crippen molar-refractivity contribution in [2.24, 2.45) is 7.05 Å². The lowest BCUT2D eigenvalue weighted by atomic mass is 10.1. The molecule has 2 rings (SSSR count). The van der Waals surface area contributed by atoms with E-state index in [0.717, 1.165) is 23.7 Å². The molecule has 0 fully saturated rings. The number of aromatic nitrogens is 4. The number of hydrogen-bond donors (Lipinski definition) is 2. The quantitative estimate of drug-likeness (QED) is 0.862. The summed E-state index contributed by atoms with van der Waals surface area (Å²) in [5.41, 5.74) is 7.85. The molecule has 0 aliphatic rings. The maximum Gasteiger partial charge on any atom is 0.148 e. The number of imidazole rings is 1. The van der Waals surface area contributed by atoms with Crippen molar-refractivity contribution in [3.63, 3.8) is 0 Å². The molecule has 0 saturated carbocycles. The van der Waals surface area contributed by atoms with Crippen LogP contribution in [0.2, 0.25) is 0 Å². The summed E-state index contributed by atoms with van der Waals surface area (Å²) in [4.78, 5) is 4.04.